The van der Waals surface area contributed by atoms with Crippen LogP contribution in [0.2, 0.25) is 0 Å². The highest BCUT2D eigenvalue weighted by Gasteiger charge is 2.14. The van der Waals surface area contributed by atoms with Gasteiger partial charge in [0.2, 0.25) is 0 Å². The van der Waals surface area contributed by atoms with E-state index in [1.165, 1.54) is 5.56 Å². The first-order chi connectivity index (χ1) is 9.02. The van der Waals surface area contributed by atoms with Crippen LogP contribution < -0.4 is 15.4 Å². The number of amides is 1. The van der Waals surface area contributed by atoms with Gasteiger partial charge in [0.25, 0.3) is 5.91 Å². The van der Waals surface area contributed by atoms with E-state index in [0.29, 0.717) is 12.3 Å². The number of carbonyl (C=O) groups excluding carboxylic acids is 1. The van der Waals surface area contributed by atoms with Gasteiger partial charge in [-0.15, -0.1) is 12.4 Å². The van der Waals surface area contributed by atoms with Crippen LogP contribution in [-0.2, 0) is 4.79 Å². The zero-order valence-electron chi connectivity index (χ0n) is 12.6. The Hall–Kier alpha value is -1.26. The molecule has 5 heteroatoms. The van der Waals surface area contributed by atoms with Crippen molar-refractivity contribution in [1.29, 1.82) is 0 Å². The molecule has 2 atom stereocenters. The lowest BCUT2D eigenvalue weighted by Gasteiger charge is -2.17. The Morgan fingerprint density at radius 2 is 1.85 bits per heavy atom. The number of benzene rings is 1. The highest BCUT2D eigenvalue weighted by Crippen LogP contribution is 2.13. The van der Waals surface area contributed by atoms with Crippen molar-refractivity contribution in [3.8, 4) is 5.75 Å². The molecule has 1 aromatic carbocycles. The van der Waals surface area contributed by atoms with Crippen LogP contribution in [0.25, 0.3) is 0 Å². The molecule has 0 radical (unpaired) electrons. The summed E-state index contributed by atoms with van der Waals surface area (Å²) in [5.74, 6) is 0.623. The van der Waals surface area contributed by atoms with E-state index in [9.17, 15) is 4.79 Å². The van der Waals surface area contributed by atoms with Crippen LogP contribution in [0.3, 0.4) is 0 Å². The van der Waals surface area contributed by atoms with Gasteiger partial charge in [-0.25, -0.2) is 0 Å². The highest BCUT2D eigenvalue weighted by atomic mass is 35.5. The summed E-state index contributed by atoms with van der Waals surface area (Å²) in [6.07, 6.45) is -0.489. The topological polar surface area (TPSA) is 50.4 Å². The molecule has 0 heterocycles. The van der Waals surface area contributed by atoms with Crippen molar-refractivity contribution < 1.29 is 9.53 Å². The Bertz CT molecular complexity index is 395. The number of hydrogen-bond donors (Lipinski definition) is 2. The summed E-state index contributed by atoms with van der Waals surface area (Å²) in [7, 11) is 0. The molecule has 0 aliphatic carbocycles. The van der Waals surface area contributed by atoms with Gasteiger partial charge in [0, 0.05) is 12.6 Å². The fraction of sp³-hybridized carbons (Fsp3) is 0.533. The first-order valence-electron chi connectivity index (χ1n) is 6.77. The SMILES string of the molecule is CCN[C@H](C)CNC(=O)C(C)Oc1ccc(C)cc1.Cl. The number of halogens is 1. The predicted molar refractivity (Wildman–Crippen MR) is 84.7 cm³/mol. The molecule has 0 spiro atoms. The predicted octanol–water partition coefficient (Wildman–Crippen LogP) is 2.30. The Morgan fingerprint density at radius 3 is 2.40 bits per heavy atom. The molecule has 0 saturated carbocycles. The van der Waals surface area contributed by atoms with E-state index in [4.69, 9.17) is 4.74 Å². The van der Waals surface area contributed by atoms with Crippen molar-refractivity contribution in [2.75, 3.05) is 13.1 Å². The van der Waals surface area contributed by atoms with Crippen LogP contribution >= 0.6 is 12.4 Å². The van der Waals surface area contributed by atoms with Crippen molar-refractivity contribution in [2.45, 2.75) is 39.8 Å². The first kappa shape index (κ1) is 18.7. The van der Waals surface area contributed by atoms with E-state index < -0.39 is 6.10 Å². The van der Waals surface area contributed by atoms with Crippen molar-refractivity contribution >= 4 is 18.3 Å². The maximum Gasteiger partial charge on any atom is 0.260 e. The third kappa shape index (κ3) is 6.78. The molecule has 0 fully saturated rings. The average molecular weight is 301 g/mol. The lowest BCUT2D eigenvalue weighted by Crippen LogP contribution is -2.43. The number of rotatable bonds is 7. The lowest BCUT2D eigenvalue weighted by atomic mass is 10.2. The molecule has 0 bridgehead atoms. The largest absolute Gasteiger partial charge is 0.481 e. The van der Waals surface area contributed by atoms with Crippen molar-refractivity contribution in [3.63, 3.8) is 0 Å². The summed E-state index contributed by atoms with van der Waals surface area (Å²) in [5.41, 5.74) is 1.17. The van der Waals surface area contributed by atoms with Crippen LogP contribution in [0, 0.1) is 6.92 Å². The fourth-order valence-corrected chi connectivity index (χ4v) is 1.69. The molecule has 4 nitrogen and oxygen atoms in total. The summed E-state index contributed by atoms with van der Waals surface area (Å²) in [5, 5.41) is 6.11. The van der Waals surface area contributed by atoms with E-state index in [1.807, 2.05) is 45.0 Å². The van der Waals surface area contributed by atoms with Gasteiger partial charge < -0.3 is 15.4 Å². The fourth-order valence-electron chi connectivity index (χ4n) is 1.69. The van der Waals surface area contributed by atoms with Crippen LogP contribution in [0.5, 0.6) is 5.75 Å². The molecule has 20 heavy (non-hydrogen) atoms. The minimum Gasteiger partial charge on any atom is -0.481 e. The normalized spacial score (nSPS) is 13.0. The third-order valence-corrected chi connectivity index (χ3v) is 2.84. The van der Waals surface area contributed by atoms with E-state index in [-0.39, 0.29) is 24.4 Å². The number of nitrogens with one attached hydrogen (secondary N) is 2. The summed E-state index contributed by atoms with van der Waals surface area (Å²) in [6, 6.07) is 7.95. The quantitative estimate of drug-likeness (QED) is 0.812. The third-order valence-electron chi connectivity index (χ3n) is 2.84. The van der Waals surface area contributed by atoms with Gasteiger partial charge in [0.15, 0.2) is 6.10 Å². The molecular formula is C15H25ClN2O2. The second-order valence-corrected chi connectivity index (χ2v) is 4.78. The second-order valence-electron chi connectivity index (χ2n) is 4.78. The Balaban J connectivity index is 0.00000361. The molecule has 0 aliphatic rings. The zero-order valence-corrected chi connectivity index (χ0v) is 13.4. The minimum atomic E-state index is -0.489. The van der Waals surface area contributed by atoms with Crippen molar-refractivity contribution in [1.82, 2.24) is 10.6 Å². The van der Waals surface area contributed by atoms with Crippen LogP contribution in [0.15, 0.2) is 24.3 Å². The van der Waals surface area contributed by atoms with Crippen molar-refractivity contribution in [3.05, 3.63) is 29.8 Å². The van der Waals surface area contributed by atoms with Crippen LogP contribution in [-0.4, -0.2) is 31.1 Å². The van der Waals surface area contributed by atoms with E-state index in [0.717, 1.165) is 6.54 Å². The smallest absolute Gasteiger partial charge is 0.260 e. The number of carbonyl (C=O) groups is 1. The average Bonchev–Trinajstić information content (AvgIpc) is 2.39. The molecule has 114 valence electrons. The zero-order chi connectivity index (χ0) is 14.3. The number of ether oxygens (including phenoxy) is 1. The maximum absolute atomic E-state index is 11.9. The lowest BCUT2D eigenvalue weighted by molar-refractivity contribution is -0.127. The van der Waals surface area contributed by atoms with Gasteiger partial charge in [-0.1, -0.05) is 24.6 Å². The van der Waals surface area contributed by atoms with Gasteiger partial charge in [-0.05, 0) is 39.4 Å². The maximum atomic E-state index is 11.9. The molecule has 1 aromatic rings. The van der Waals surface area contributed by atoms with Crippen LogP contribution in [0.4, 0.5) is 0 Å². The standard InChI is InChI=1S/C15H24N2O2.ClH/c1-5-16-12(3)10-17-15(18)13(4)19-14-8-6-11(2)7-9-14;/h6-9,12-13,16H,5,10H2,1-4H3,(H,17,18);1H/t12-,13?;/m1./s1. The van der Waals surface area contributed by atoms with E-state index in [2.05, 4.69) is 10.6 Å². The number of likely N-dealkylation sites (N-methyl/N-ethyl adjacent to an activating group) is 1. The van der Waals surface area contributed by atoms with Gasteiger partial charge in [-0.2, -0.15) is 0 Å². The van der Waals surface area contributed by atoms with Gasteiger partial charge >= 0.3 is 0 Å². The van der Waals surface area contributed by atoms with E-state index >= 15 is 0 Å². The molecule has 1 amide bonds. The number of aryl methyl sites for hydroxylation is 1. The molecule has 1 rings (SSSR count). The molecule has 2 N–H and O–H groups in total. The molecular weight excluding hydrogens is 276 g/mol. The molecule has 0 saturated heterocycles. The molecule has 1 unspecified atom stereocenters. The Kier molecular flexibility index (Phi) is 9.01. The Morgan fingerprint density at radius 1 is 1.25 bits per heavy atom. The summed E-state index contributed by atoms with van der Waals surface area (Å²) < 4.78 is 5.59. The van der Waals surface area contributed by atoms with Gasteiger partial charge in [0.05, 0.1) is 0 Å². The molecule has 0 aliphatic heterocycles. The summed E-state index contributed by atoms with van der Waals surface area (Å²) in [4.78, 5) is 11.9. The summed E-state index contributed by atoms with van der Waals surface area (Å²) in [6.45, 7) is 9.35. The summed E-state index contributed by atoms with van der Waals surface area (Å²) >= 11 is 0. The second kappa shape index (κ2) is 9.61. The molecule has 0 aromatic heterocycles. The number of hydrogen-bond acceptors (Lipinski definition) is 3. The first-order valence-corrected chi connectivity index (χ1v) is 6.77. The monoisotopic (exact) mass is 300 g/mol. The van der Waals surface area contributed by atoms with Gasteiger partial charge in [-0.3, -0.25) is 4.79 Å². The minimum absolute atomic E-state index is 0. The Labute approximate surface area is 127 Å². The van der Waals surface area contributed by atoms with Crippen LogP contribution in [0.1, 0.15) is 26.3 Å². The van der Waals surface area contributed by atoms with E-state index in [1.54, 1.807) is 6.92 Å². The highest BCUT2D eigenvalue weighted by molar-refractivity contribution is 5.85. The van der Waals surface area contributed by atoms with Crippen molar-refractivity contribution in [2.24, 2.45) is 0 Å². The van der Waals surface area contributed by atoms with Gasteiger partial charge in [0.1, 0.15) is 5.75 Å².